The highest BCUT2D eigenvalue weighted by Gasteiger charge is 2.27. The number of hydrogen-bond donors (Lipinski definition) is 1. The minimum Gasteiger partial charge on any atom is -0.325 e. The summed E-state index contributed by atoms with van der Waals surface area (Å²) in [4.78, 5) is 0. The van der Waals surface area contributed by atoms with Crippen molar-refractivity contribution in [2.24, 2.45) is 12.8 Å². The van der Waals surface area contributed by atoms with E-state index in [9.17, 15) is 0 Å². The third-order valence-electron chi connectivity index (χ3n) is 3.73. The van der Waals surface area contributed by atoms with Crippen LogP contribution in [0.4, 0.5) is 0 Å². The van der Waals surface area contributed by atoms with Crippen LogP contribution < -0.4 is 5.73 Å². The van der Waals surface area contributed by atoms with Crippen molar-refractivity contribution in [2.45, 2.75) is 57.4 Å². The summed E-state index contributed by atoms with van der Waals surface area (Å²) in [6, 6.07) is 2.17. The van der Waals surface area contributed by atoms with Crippen molar-refractivity contribution in [1.29, 1.82) is 0 Å². The summed E-state index contributed by atoms with van der Waals surface area (Å²) in [7, 11) is 2.02. The molecule has 16 heavy (non-hydrogen) atoms. The molecule has 1 aliphatic carbocycles. The monoisotopic (exact) mass is 221 g/mol. The molecule has 90 valence electrons. The lowest BCUT2D eigenvalue weighted by atomic mass is 9.86. The molecule has 2 N–H and O–H groups in total. The van der Waals surface area contributed by atoms with Crippen LogP contribution in [-0.4, -0.2) is 15.3 Å². The molecule has 1 aromatic rings. The highest BCUT2D eigenvalue weighted by atomic mass is 15.3. The first kappa shape index (κ1) is 11.6. The largest absolute Gasteiger partial charge is 0.325 e. The minimum atomic E-state index is 0.0106. The molecular formula is C13H23N3. The summed E-state index contributed by atoms with van der Waals surface area (Å²) in [5.74, 6) is 0. The summed E-state index contributed by atoms with van der Waals surface area (Å²) in [6.45, 7) is 2.04. The van der Waals surface area contributed by atoms with Crippen molar-refractivity contribution in [2.75, 3.05) is 0 Å². The number of rotatable bonds is 2. The molecule has 0 aliphatic heterocycles. The molecule has 2 rings (SSSR count). The van der Waals surface area contributed by atoms with Gasteiger partial charge in [0.1, 0.15) is 0 Å². The number of nitrogens with zero attached hydrogens (tertiary/aromatic N) is 2. The Labute approximate surface area is 98.0 Å². The Hall–Kier alpha value is -0.830. The molecule has 1 aromatic heterocycles. The van der Waals surface area contributed by atoms with Gasteiger partial charge in [0, 0.05) is 24.7 Å². The van der Waals surface area contributed by atoms with Crippen LogP contribution in [0.5, 0.6) is 0 Å². The fourth-order valence-corrected chi connectivity index (χ4v) is 2.80. The highest BCUT2D eigenvalue weighted by Crippen LogP contribution is 2.28. The van der Waals surface area contributed by atoms with E-state index < -0.39 is 0 Å². The van der Waals surface area contributed by atoms with Gasteiger partial charge in [0.25, 0.3) is 0 Å². The summed E-state index contributed by atoms with van der Waals surface area (Å²) in [5.41, 5.74) is 8.91. The molecule has 1 saturated carbocycles. The van der Waals surface area contributed by atoms with E-state index in [1.807, 2.05) is 18.7 Å². The summed E-state index contributed by atoms with van der Waals surface area (Å²) < 4.78 is 1.98. The Balaban J connectivity index is 2.09. The van der Waals surface area contributed by atoms with Gasteiger partial charge >= 0.3 is 0 Å². The molecule has 1 aliphatic rings. The standard InChI is InChI=1S/C13H23N3/c1-11-9-12(16(2)15-11)10-13(14)7-5-3-4-6-8-13/h9H,3-8,10,14H2,1-2H3. The van der Waals surface area contributed by atoms with Crippen LogP contribution in [0.15, 0.2) is 6.07 Å². The molecule has 0 aromatic carbocycles. The van der Waals surface area contributed by atoms with Crippen LogP contribution in [0.3, 0.4) is 0 Å². The van der Waals surface area contributed by atoms with Gasteiger partial charge in [-0.1, -0.05) is 25.7 Å². The van der Waals surface area contributed by atoms with E-state index >= 15 is 0 Å². The maximum absolute atomic E-state index is 6.53. The molecule has 0 bridgehead atoms. The van der Waals surface area contributed by atoms with E-state index in [0.29, 0.717) is 0 Å². The third-order valence-corrected chi connectivity index (χ3v) is 3.73. The van der Waals surface area contributed by atoms with Crippen LogP contribution in [0, 0.1) is 6.92 Å². The Bertz CT molecular complexity index is 346. The van der Waals surface area contributed by atoms with E-state index in [4.69, 9.17) is 5.73 Å². The van der Waals surface area contributed by atoms with Crippen molar-refractivity contribution in [3.05, 3.63) is 17.5 Å². The molecule has 3 nitrogen and oxygen atoms in total. The van der Waals surface area contributed by atoms with Crippen molar-refractivity contribution in [3.63, 3.8) is 0 Å². The second-order valence-electron chi connectivity index (χ2n) is 5.35. The number of hydrogen-bond acceptors (Lipinski definition) is 2. The van der Waals surface area contributed by atoms with E-state index in [2.05, 4.69) is 11.2 Å². The van der Waals surface area contributed by atoms with Gasteiger partial charge in [-0.2, -0.15) is 5.10 Å². The Morgan fingerprint density at radius 3 is 2.44 bits per heavy atom. The lowest BCUT2D eigenvalue weighted by Crippen LogP contribution is -2.42. The van der Waals surface area contributed by atoms with Crippen LogP contribution in [0.1, 0.15) is 49.9 Å². The van der Waals surface area contributed by atoms with Crippen molar-refractivity contribution >= 4 is 0 Å². The topological polar surface area (TPSA) is 43.8 Å². The SMILES string of the molecule is Cc1cc(CC2(N)CCCCCC2)n(C)n1. The van der Waals surface area contributed by atoms with Crippen LogP contribution in [0.25, 0.3) is 0 Å². The average Bonchev–Trinajstić information content (AvgIpc) is 2.41. The Morgan fingerprint density at radius 2 is 1.94 bits per heavy atom. The lowest BCUT2D eigenvalue weighted by molar-refractivity contribution is 0.361. The number of nitrogens with two attached hydrogens (primary N) is 1. The van der Waals surface area contributed by atoms with Gasteiger partial charge < -0.3 is 5.73 Å². The molecule has 0 spiro atoms. The molecule has 0 atom stereocenters. The van der Waals surface area contributed by atoms with E-state index in [1.54, 1.807) is 0 Å². The van der Waals surface area contributed by atoms with Gasteiger partial charge in [-0.15, -0.1) is 0 Å². The third kappa shape index (κ3) is 2.64. The zero-order chi connectivity index (χ0) is 11.6. The Morgan fingerprint density at radius 1 is 1.31 bits per heavy atom. The predicted octanol–water partition coefficient (Wildman–Crippen LogP) is 2.32. The van der Waals surface area contributed by atoms with E-state index in [-0.39, 0.29) is 5.54 Å². The molecular weight excluding hydrogens is 198 g/mol. The summed E-state index contributed by atoms with van der Waals surface area (Å²) in [5, 5.41) is 4.39. The smallest absolute Gasteiger partial charge is 0.0596 e. The molecule has 1 heterocycles. The van der Waals surface area contributed by atoms with Gasteiger partial charge in [-0.25, -0.2) is 0 Å². The second kappa shape index (κ2) is 4.58. The minimum absolute atomic E-state index is 0.0106. The first-order chi connectivity index (χ1) is 7.59. The molecule has 3 heteroatoms. The van der Waals surface area contributed by atoms with Gasteiger partial charge in [0.15, 0.2) is 0 Å². The lowest BCUT2D eigenvalue weighted by Gasteiger charge is -2.27. The predicted molar refractivity (Wildman–Crippen MR) is 66.3 cm³/mol. The van der Waals surface area contributed by atoms with Gasteiger partial charge in [0.05, 0.1) is 5.69 Å². The molecule has 0 unspecified atom stereocenters. The Kier molecular flexibility index (Phi) is 3.33. The highest BCUT2D eigenvalue weighted by molar-refractivity contribution is 5.12. The molecule has 1 fully saturated rings. The molecule has 0 amide bonds. The second-order valence-corrected chi connectivity index (χ2v) is 5.35. The van der Waals surface area contributed by atoms with E-state index in [0.717, 1.165) is 25.0 Å². The van der Waals surface area contributed by atoms with Gasteiger partial charge in [-0.3, -0.25) is 4.68 Å². The molecule has 0 radical (unpaired) electrons. The normalized spacial score (nSPS) is 20.7. The summed E-state index contributed by atoms with van der Waals surface area (Å²) >= 11 is 0. The molecule has 0 saturated heterocycles. The van der Waals surface area contributed by atoms with Crippen molar-refractivity contribution in [1.82, 2.24) is 9.78 Å². The van der Waals surface area contributed by atoms with Crippen molar-refractivity contribution < 1.29 is 0 Å². The zero-order valence-electron chi connectivity index (χ0n) is 10.5. The first-order valence-corrected chi connectivity index (χ1v) is 6.37. The van der Waals surface area contributed by atoms with Gasteiger partial charge in [0.2, 0.25) is 0 Å². The van der Waals surface area contributed by atoms with Crippen LogP contribution in [0.2, 0.25) is 0 Å². The average molecular weight is 221 g/mol. The number of aromatic nitrogens is 2. The quantitative estimate of drug-likeness (QED) is 0.779. The van der Waals surface area contributed by atoms with E-state index in [1.165, 1.54) is 31.4 Å². The fraction of sp³-hybridized carbons (Fsp3) is 0.769. The maximum atomic E-state index is 6.53. The van der Waals surface area contributed by atoms with Gasteiger partial charge in [-0.05, 0) is 25.8 Å². The summed E-state index contributed by atoms with van der Waals surface area (Å²) in [6.07, 6.45) is 8.58. The number of aryl methyl sites for hydroxylation is 2. The van der Waals surface area contributed by atoms with Crippen molar-refractivity contribution in [3.8, 4) is 0 Å². The fourth-order valence-electron chi connectivity index (χ4n) is 2.80. The first-order valence-electron chi connectivity index (χ1n) is 6.37. The van der Waals surface area contributed by atoms with Crippen LogP contribution in [-0.2, 0) is 13.5 Å². The zero-order valence-corrected chi connectivity index (χ0v) is 10.5. The van der Waals surface area contributed by atoms with Crippen LogP contribution >= 0.6 is 0 Å². The maximum Gasteiger partial charge on any atom is 0.0596 e.